The van der Waals surface area contributed by atoms with Crippen molar-refractivity contribution in [1.29, 1.82) is 0 Å². The van der Waals surface area contributed by atoms with E-state index in [0.29, 0.717) is 18.1 Å². The quantitative estimate of drug-likeness (QED) is 0.478. The molecule has 1 aromatic carbocycles. The number of nitrogen functional groups attached to an aromatic ring is 1. The van der Waals surface area contributed by atoms with Crippen molar-refractivity contribution < 1.29 is 14.4 Å². The number of rotatable bonds is 7. The van der Waals surface area contributed by atoms with E-state index in [-0.39, 0.29) is 18.4 Å². The van der Waals surface area contributed by atoms with E-state index in [0.717, 1.165) is 27.2 Å². The lowest BCUT2D eigenvalue weighted by molar-refractivity contribution is -0.156. The molecule has 3 aromatic rings. The number of aryl methyl sites for hydroxylation is 3. The molecule has 37 heavy (non-hydrogen) atoms. The molecule has 0 spiro atoms. The number of amides is 4. The fourth-order valence-corrected chi connectivity index (χ4v) is 4.65. The molecule has 0 bridgehead atoms. The molecule has 4 amide bonds. The maximum atomic E-state index is 13.6. The fourth-order valence-electron chi connectivity index (χ4n) is 4.65. The lowest BCUT2D eigenvalue weighted by Gasteiger charge is -2.45. The average Bonchev–Trinajstić information content (AvgIpc) is 3.31. The van der Waals surface area contributed by atoms with Gasteiger partial charge in [-0.1, -0.05) is 25.1 Å². The van der Waals surface area contributed by atoms with Gasteiger partial charge >= 0.3 is 6.03 Å². The zero-order chi connectivity index (χ0) is 26.9. The molecule has 3 atom stereocenters. The number of pyridine rings is 1. The number of anilines is 2. The third-order valence-corrected chi connectivity index (χ3v) is 7.00. The van der Waals surface area contributed by atoms with Crippen LogP contribution in [-0.2, 0) is 23.1 Å². The Morgan fingerprint density at radius 1 is 1.16 bits per heavy atom. The zero-order valence-electron chi connectivity index (χ0n) is 21.8. The van der Waals surface area contributed by atoms with Crippen LogP contribution in [0.4, 0.5) is 16.4 Å². The van der Waals surface area contributed by atoms with Gasteiger partial charge in [-0.2, -0.15) is 5.10 Å². The number of aromatic nitrogens is 3. The van der Waals surface area contributed by atoms with Crippen LogP contribution >= 0.6 is 0 Å². The molecule has 0 radical (unpaired) electrons. The molecule has 0 saturated carbocycles. The molecule has 10 nitrogen and oxygen atoms in total. The van der Waals surface area contributed by atoms with E-state index in [1.54, 1.807) is 49.4 Å². The molecule has 1 aliphatic rings. The number of likely N-dealkylation sites (N-methyl/N-ethyl adjacent to an activating group) is 1. The molecular formula is C27H33N7O3. The van der Waals surface area contributed by atoms with Crippen LogP contribution in [0.1, 0.15) is 41.6 Å². The minimum atomic E-state index is -0.980. The Labute approximate surface area is 216 Å². The maximum Gasteiger partial charge on any atom is 0.325 e. The molecule has 0 unspecified atom stereocenters. The average molecular weight is 504 g/mol. The van der Waals surface area contributed by atoms with Gasteiger partial charge in [0.05, 0.1) is 12.0 Å². The number of carbonyl (C=O) groups excluding carboxylic acids is 3. The van der Waals surface area contributed by atoms with Crippen LogP contribution < -0.4 is 16.0 Å². The van der Waals surface area contributed by atoms with E-state index in [4.69, 9.17) is 5.73 Å². The van der Waals surface area contributed by atoms with Gasteiger partial charge in [-0.05, 0) is 61.1 Å². The predicted octanol–water partition coefficient (Wildman–Crippen LogP) is 2.91. The lowest BCUT2D eigenvalue weighted by atomic mass is 9.81. The van der Waals surface area contributed by atoms with Gasteiger partial charge in [0.1, 0.15) is 11.9 Å². The van der Waals surface area contributed by atoms with Crippen molar-refractivity contribution in [3.8, 4) is 0 Å². The van der Waals surface area contributed by atoms with Crippen LogP contribution in [0.3, 0.4) is 0 Å². The number of nitrogens with two attached hydrogens (primary N) is 1. The first-order valence-corrected chi connectivity index (χ1v) is 12.3. The van der Waals surface area contributed by atoms with Crippen LogP contribution in [0.2, 0.25) is 0 Å². The smallest absolute Gasteiger partial charge is 0.325 e. The van der Waals surface area contributed by atoms with Gasteiger partial charge in [0.15, 0.2) is 5.82 Å². The van der Waals surface area contributed by atoms with Gasteiger partial charge in [0.2, 0.25) is 5.91 Å². The lowest BCUT2D eigenvalue weighted by Crippen LogP contribution is -2.70. The molecule has 4 rings (SSSR count). The van der Waals surface area contributed by atoms with Gasteiger partial charge in [-0.25, -0.2) is 9.78 Å². The van der Waals surface area contributed by atoms with Crippen LogP contribution in [-0.4, -0.2) is 50.6 Å². The molecule has 0 aliphatic carbocycles. The van der Waals surface area contributed by atoms with Crippen molar-refractivity contribution in [1.82, 2.24) is 25.0 Å². The van der Waals surface area contributed by atoms with Gasteiger partial charge in [-0.3, -0.25) is 24.1 Å². The van der Waals surface area contributed by atoms with Crippen LogP contribution in [0.25, 0.3) is 0 Å². The highest BCUT2D eigenvalue weighted by Crippen LogP contribution is 2.33. The van der Waals surface area contributed by atoms with E-state index < -0.39 is 23.9 Å². The first kappa shape index (κ1) is 25.9. The van der Waals surface area contributed by atoms with Crippen molar-refractivity contribution in [2.24, 2.45) is 13.0 Å². The standard InChI is InChI=1S/C27H33N7O3/c1-6-21(19-8-7-16(2)17(3)13-19)30-27(37)34-24(26(36)33(5)23-10-12-32(4)31-23)20(25(34)35)14-18-9-11-29-22(28)15-18/h7-13,15,20-21,24H,6,14H2,1-5H3,(H2,28,29)(H,30,37)/t20-,21-,24+/m1/s1. The number of hydrogen-bond acceptors (Lipinski definition) is 6. The zero-order valence-corrected chi connectivity index (χ0v) is 21.8. The minimum Gasteiger partial charge on any atom is -0.384 e. The second-order valence-corrected chi connectivity index (χ2v) is 9.55. The number of likely N-dealkylation sites (tertiary alicyclic amines) is 1. The van der Waals surface area contributed by atoms with E-state index in [2.05, 4.69) is 15.4 Å². The second kappa shape index (κ2) is 10.4. The highest BCUT2D eigenvalue weighted by Gasteiger charge is 2.55. The van der Waals surface area contributed by atoms with Crippen LogP contribution in [0, 0.1) is 19.8 Å². The molecule has 10 heteroatoms. The summed E-state index contributed by atoms with van der Waals surface area (Å²) in [5.41, 5.74) is 9.81. The molecule has 1 aliphatic heterocycles. The Kier molecular flexibility index (Phi) is 7.28. The van der Waals surface area contributed by atoms with E-state index in [1.165, 1.54) is 4.90 Å². The van der Waals surface area contributed by atoms with Crippen molar-refractivity contribution in [3.63, 3.8) is 0 Å². The highest BCUT2D eigenvalue weighted by molar-refractivity contribution is 6.12. The summed E-state index contributed by atoms with van der Waals surface area (Å²) in [4.78, 5) is 46.8. The fraction of sp³-hybridized carbons (Fsp3) is 0.370. The number of nitrogens with zero attached hydrogens (tertiary/aromatic N) is 5. The van der Waals surface area contributed by atoms with Crippen molar-refractivity contribution in [2.75, 3.05) is 17.7 Å². The third kappa shape index (κ3) is 5.18. The van der Waals surface area contributed by atoms with Crippen molar-refractivity contribution in [2.45, 2.75) is 45.7 Å². The highest BCUT2D eigenvalue weighted by atomic mass is 16.2. The summed E-state index contributed by atoms with van der Waals surface area (Å²) >= 11 is 0. The number of benzene rings is 1. The van der Waals surface area contributed by atoms with E-state index in [9.17, 15) is 14.4 Å². The first-order valence-electron chi connectivity index (χ1n) is 12.3. The second-order valence-electron chi connectivity index (χ2n) is 9.55. The Hall–Kier alpha value is -4.21. The molecule has 1 fully saturated rings. The number of nitrogens with one attached hydrogen (secondary N) is 1. The molecule has 3 heterocycles. The van der Waals surface area contributed by atoms with Crippen LogP contribution in [0.5, 0.6) is 0 Å². The van der Waals surface area contributed by atoms with Gasteiger partial charge < -0.3 is 11.1 Å². The Morgan fingerprint density at radius 2 is 1.92 bits per heavy atom. The normalized spacial score (nSPS) is 17.8. The van der Waals surface area contributed by atoms with Gasteiger partial charge in [0.25, 0.3) is 5.91 Å². The van der Waals surface area contributed by atoms with Gasteiger partial charge in [0, 0.05) is 32.6 Å². The van der Waals surface area contributed by atoms with Crippen molar-refractivity contribution >= 4 is 29.5 Å². The molecular weight excluding hydrogens is 470 g/mol. The number of carbonyl (C=O) groups is 3. The molecule has 194 valence electrons. The Bertz CT molecular complexity index is 1340. The number of β-lactam (4-membered cyclic amide) rings is 1. The monoisotopic (exact) mass is 503 g/mol. The Morgan fingerprint density at radius 3 is 2.54 bits per heavy atom. The number of urea groups is 1. The summed E-state index contributed by atoms with van der Waals surface area (Å²) in [6.07, 6.45) is 4.17. The predicted molar refractivity (Wildman–Crippen MR) is 141 cm³/mol. The van der Waals surface area contributed by atoms with E-state index in [1.807, 2.05) is 39.0 Å². The summed E-state index contributed by atoms with van der Waals surface area (Å²) in [5, 5.41) is 7.26. The number of imide groups is 1. The largest absolute Gasteiger partial charge is 0.384 e. The Balaban J connectivity index is 1.60. The summed E-state index contributed by atoms with van der Waals surface area (Å²) in [6, 6.07) is 9.28. The summed E-state index contributed by atoms with van der Waals surface area (Å²) in [6.45, 7) is 6.01. The summed E-state index contributed by atoms with van der Waals surface area (Å²) < 4.78 is 1.59. The third-order valence-electron chi connectivity index (χ3n) is 7.00. The first-order chi connectivity index (χ1) is 17.6. The van der Waals surface area contributed by atoms with E-state index >= 15 is 0 Å². The molecule has 1 saturated heterocycles. The molecule has 2 aromatic heterocycles. The SMILES string of the molecule is CC[C@@H](NC(=O)N1C(=O)[C@H](Cc2ccnc(N)c2)[C@H]1C(=O)N(C)c1ccn(C)n1)c1ccc(C)c(C)c1. The minimum absolute atomic E-state index is 0.260. The van der Waals surface area contributed by atoms with Gasteiger partial charge in [-0.15, -0.1) is 0 Å². The molecule has 3 N–H and O–H groups in total. The number of hydrogen-bond donors (Lipinski definition) is 2. The summed E-state index contributed by atoms with van der Waals surface area (Å²) in [7, 11) is 3.34. The topological polar surface area (TPSA) is 126 Å². The van der Waals surface area contributed by atoms with Crippen LogP contribution in [0.15, 0.2) is 48.8 Å². The maximum absolute atomic E-state index is 13.6. The van der Waals surface area contributed by atoms with Crippen molar-refractivity contribution in [3.05, 3.63) is 71.0 Å². The summed E-state index contributed by atoms with van der Waals surface area (Å²) in [5.74, 6) is -0.754.